The molecule has 0 rings (SSSR count). The minimum Gasteiger partial charge on any atom is -0.389 e. The molecule has 1 N–H and O–H groups in total. The Balaban J connectivity index is -0.000000249. The average Bonchev–Trinajstić information content (AvgIpc) is 2.44. The van der Waals surface area contributed by atoms with Gasteiger partial charge in [-0.3, -0.25) is 9.63 Å². The zero-order chi connectivity index (χ0) is 15.7. The Kier molecular flexibility index (Phi) is 22.7. The van der Waals surface area contributed by atoms with Crippen LogP contribution in [0.3, 0.4) is 0 Å². The zero-order valence-electron chi connectivity index (χ0n) is 13.1. The van der Waals surface area contributed by atoms with Crippen molar-refractivity contribution in [2.45, 2.75) is 40.7 Å². The normalized spacial score (nSPS) is 11.6. The molecule has 0 spiro atoms. The lowest BCUT2D eigenvalue weighted by Gasteiger charge is -2.08. The van der Waals surface area contributed by atoms with Crippen molar-refractivity contribution in [1.29, 1.82) is 0 Å². The molecule has 1 amide bonds. The molecule has 0 saturated heterocycles. The molecule has 0 aliphatic rings. The molecule has 1 unspecified atom stereocenters. The molecule has 0 radical (unpaired) electrons. The van der Waals surface area contributed by atoms with Gasteiger partial charge in [-0.25, -0.2) is 5.06 Å². The first-order chi connectivity index (χ1) is 9.06. The molecule has 0 saturated carbocycles. The molecule has 4 nitrogen and oxygen atoms in total. The van der Waals surface area contributed by atoms with Crippen molar-refractivity contribution in [3.63, 3.8) is 0 Å². The predicted molar refractivity (Wildman–Crippen MR) is 81.6 cm³/mol. The van der Waals surface area contributed by atoms with Crippen molar-refractivity contribution in [3.05, 3.63) is 36.5 Å². The van der Waals surface area contributed by atoms with Crippen LogP contribution in [0.4, 0.5) is 0 Å². The maximum atomic E-state index is 9.77. The molecule has 0 fully saturated rings. The molecule has 112 valence electrons. The van der Waals surface area contributed by atoms with Crippen LogP contribution in [0.5, 0.6) is 0 Å². The zero-order valence-corrected chi connectivity index (χ0v) is 13.1. The second kappa shape index (κ2) is 19.0. The van der Waals surface area contributed by atoms with Crippen LogP contribution >= 0.6 is 0 Å². The smallest absolute Gasteiger partial charge is 0.233 e. The number of aliphatic hydroxyl groups is 1. The molecule has 0 bridgehead atoms. The Bertz CT molecular complexity index is 254. The molecule has 4 heteroatoms. The first-order valence-electron chi connectivity index (χ1n) is 6.46. The summed E-state index contributed by atoms with van der Waals surface area (Å²) in [6, 6.07) is 0. The van der Waals surface area contributed by atoms with E-state index < -0.39 is 0 Å². The second-order valence-corrected chi connectivity index (χ2v) is 3.08. The van der Waals surface area contributed by atoms with Gasteiger partial charge in [-0.1, -0.05) is 44.7 Å². The van der Waals surface area contributed by atoms with E-state index in [9.17, 15) is 4.79 Å². The monoisotopic (exact) mass is 271 g/mol. The van der Waals surface area contributed by atoms with Crippen LogP contribution < -0.4 is 0 Å². The summed E-state index contributed by atoms with van der Waals surface area (Å²) in [4.78, 5) is 14.3. The third-order valence-electron chi connectivity index (χ3n) is 1.90. The van der Waals surface area contributed by atoms with E-state index in [2.05, 4.69) is 11.4 Å². The molecule has 0 aromatic rings. The van der Waals surface area contributed by atoms with Crippen molar-refractivity contribution in [1.82, 2.24) is 5.06 Å². The van der Waals surface area contributed by atoms with Gasteiger partial charge in [0.25, 0.3) is 0 Å². The number of allylic oxidation sites excluding steroid dienone is 3. The van der Waals surface area contributed by atoms with Crippen LogP contribution in [0, 0.1) is 0 Å². The molecule has 1 atom stereocenters. The number of aliphatic hydroxyl groups excluding tert-OH is 1. The largest absolute Gasteiger partial charge is 0.389 e. The summed E-state index contributed by atoms with van der Waals surface area (Å²) in [7, 11) is 1.46. The Hall–Kier alpha value is -1.39. The quantitative estimate of drug-likeness (QED) is 0.459. The predicted octanol–water partition coefficient (Wildman–Crippen LogP) is 3.11. The molecule has 0 aliphatic heterocycles. The van der Waals surface area contributed by atoms with Crippen molar-refractivity contribution >= 4 is 6.41 Å². The molecular weight excluding hydrogens is 242 g/mol. The lowest BCUT2D eigenvalue weighted by molar-refractivity contribution is -0.159. The topological polar surface area (TPSA) is 49.8 Å². The van der Waals surface area contributed by atoms with Crippen molar-refractivity contribution in [2.75, 3.05) is 13.7 Å². The lowest BCUT2D eigenvalue weighted by atomic mass is 10.1. The average molecular weight is 271 g/mol. The highest BCUT2D eigenvalue weighted by atomic mass is 16.7. The standard InChI is InChI=1S/C9H14O.C4H9NO2.C2H6/c1-4-6-7-9(5-2)8(3)10;1-3-5(4-6)7-2;1-2/h4-8,10H,1H2,2-3H3;4H,3H2,1-2H3;1-2H3/b7-6-,9-5+;;. The summed E-state index contributed by atoms with van der Waals surface area (Å²) in [5, 5.41) is 10.3. The van der Waals surface area contributed by atoms with Gasteiger partial charge < -0.3 is 5.11 Å². The number of nitrogens with zero attached hydrogens (tertiary/aromatic N) is 1. The van der Waals surface area contributed by atoms with E-state index in [0.717, 1.165) is 5.57 Å². The van der Waals surface area contributed by atoms with Gasteiger partial charge in [0.1, 0.15) is 0 Å². The second-order valence-electron chi connectivity index (χ2n) is 3.08. The summed E-state index contributed by atoms with van der Waals surface area (Å²) < 4.78 is 0. The summed E-state index contributed by atoms with van der Waals surface area (Å²) in [5.41, 5.74) is 0.917. The minimum atomic E-state index is -0.388. The number of rotatable bonds is 6. The van der Waals surface area contributed by atoms with Crippen molar-refractivity contribution in [3.8, 4) is 0 Å². The molecule has 0 aromatic heterocycles. The van der Waals surface area contributed by atoms with E-state index in [1.54, 1.807) is 13.0 Å². The fourth-order valence-electron chi connectivity index (χ4n) is 0.903. The lowest BCUT2D eigenvalue weighted by Crippen LogP contribution is -2.18. The van der Waals surface area contributed by atoms with Gasteiger partial charge in [0.2, 0.25) is 6.41 Å². The van der Waals surface area contributed by atoms with Gasteiger partial charge >= 0.3 is 0 Å². The van der Waals surface area contributed by atoms with Gasteiger partial charge in [0.05, 0.1) is 13.2 Å². The van der Waals surface area contributed by atoms with Crippen LogP contribution in [0.1, 0.15) is 34.6 Å². The minimum absolute atomic E-state index is 0.388. The number of carbonyl (C=O) groups is 1. The number of hydroxylamine groups is 2. The molecule has 0 heterocycles. The van der Waals surface area contributed by atoms with Crippen LogP contribution in [0.25, 0.3) is 0 Å². The first kappa shape index (κ1) is 22.8. The summed E-state index contributed by atoms with van der Waals surface area (Å²) >= 11 is 0. The van der Waals surface area contributed by atoms with E-state index in [4.69, 9.17) is 5.11 Å². The van der Waals surface area contributed by atoms with E-state index in [1.807, 2.05) is 45.9 Å². The Labute approximate surface area is 118 Å². The van der Waals surface area contributed by atoms with Gasteiger partial charge in [0.15, 0.2) is 0 Å². The highest BCUT2D eigenvalue weighted by Gasteiger charge is 1.96. The van der Waals surface area contributed by atoms with Gasteiger partial charge in [-0.05, 0) is 26.3 Å². The number of carbonyl (C=O) groups excluding carboxylic acids is 1. The maximum Gasteiger partial charge on any atom is 0.233 e. The molecule has 19 heavy (non-hydrogen) atoms. The maximum absolute atomic E-state index is 9.77. The SMILES string of the molecule is C=C/C=C\C(=C/C)C(C)O.CC.CCN(C=O)OC. The number of amides is 1. The van der Waals surface area contributed by atoms with Crippen LogP contribution in [-0.4, -0.2) is 36.3 Å². The van der Waals surface area contributed by atoms with Gasteiger partial charge in [-0.2, -0.15) is 0 Å². The summed E-state index contributed by atoms with van der Waals surface area (Å²) in [6.07, 6.45) is 7.47. The van der Waals surface area contributed by atoms with E-state index in [-0.39, 0.29) is 6.10 Å². The highest BCUT2D eigenvalue weighted by Crippen LogP contribution is 2.02. The number of hydrogen-bond donors (Lipinski definition) is 1. The first-order valence-corrected chi connectivity index (χ1v) is 6.46. The summed E-state index contributed by atoms with van der Waals surface area (Å²) in [6.45, 7) is 13.6. The molecule has 0 aliphatic carbocycles. The Morgan fingerprint density at radius 2 is 2.00 bits per heavy atom. The van der Waals surface area contributed by atoms with Gasteiger partial charge in [-0.15, -0.1) is 0 Å². The van der Waals surface area contributed by atoms with Crippen molar-refractivity contribution in [2.24, 2.45) is 0 Å². The van der Waals surface area contributed by atoms with E-state index >= 15 is 0 Å². The highest BCUT2D eigenvalue weighted by molar-refractivity contribution is 5.44. The Morgan fingerprint density at radius 1 is 1.47 bits per heavy atom. The van der Waals surface area contributed by atoms with Crippen LogP contribution in [0.15, 0.2) is 36.5 Å². The van der Waals surface area contributed by atoms with E-state index in [0.29, 0.717) is 13.0 Å². The van der Waals surface area contributed by atoms with Crippen molar-refractivity contribution < 1.29 is 14.7 Å². The molecule has 0 aromatic carbocycles. The fourth-order valence-corrected chi connectivity index (χ4v) is 0.903. The summed E-state index contributed by atoms with van der Waals surface area (Å²) in [5.74, 6) is 0. The van der Waals surface area contributed by atoms with Crippen LogP contribution in [0.2, 0.25) is 0 Å². The fraction of sp³-hybridized carbons (Fsp3) is 0.533. The third kappa shape index (κ3) is 16.6. The number of hydrogen-bond acceptors (Lipinski definition) is 3. The Morgan fingerprint density at radius 3 is 2.16 bits per heavy atom. The van der Waals surface area contributed by atoms with Crippen LogP contribution in [-0.2, 0) is 9.63 Å². The van der Waals surface area contributed by atoms with E-state index in [1.165, 1.54) is 12.2 Å². The third-order valence-corrected chi connectivity index (χ3v) is 1.90. The van der Waals surface area contributed by atoms with Gasteiger partial charge in [0, 0.05) is 6.54 Å². The molecular formula is C15H29NO3.